The van der Waals surface area contributed by atoms with Crippen LogP contribution in [0.1, 0.15) is 43.9 Å². The fourth-order valence-corrected chi connectivity index (χ4v) is 4.88. The fraction of sp³-hybridized carbons (Fsp3) is 0.400. The smallest absolute Gasteiger partial charge is 0.242 e. The third-order valence-corrected chi connectivity index (χ3v) is 6.67. The number of aliphatic hydroxyl groups is 1. The van der Waals surface area contributed by atoms with E-state index in [2.05, 4.69) is 15.4 Å². The maximum Gasteiger partial charge on any atom is 0.242 e. The van der Waals surface area contributed by atoms with Crippen LogP contribution in [0.15, 0.2) is 54.6 Å². The van der Waals surface area contributed by atoms with Crippen molar-refractivity contribution in [1.29, 1.82) is 5.41 Å². The Morgan fingerprint density at radius 3 is 2.11 bits per heavy atom. The van der Waals surface area contributed by atoms with Crippen LogP contribution in [0.5, 0.6) is 0 Å². The maximum absolute atomic E-state index is 13.0. The molecule has 0 heterocycles. The highest BCUT2D eigenvalue weighted by Gasteiger charge is 2.32. The maximum atomic E-state index is 13.0. The minimum atomic E-state index is -3.95. The first-order valence-electron chi connectivity index (χ1n) is 11.6. The Morgan fingerprint density at radius 2 is 1.58 bits per heavy atom. The van der Waals surface area contributed by atoms with E-state index >= 15 is 0 Å². The number of carbonyl (C=O) groups is 2. The van der Waals surface area contributed by atoms with Gasteiger partial charge in [-0.05, 0) is 30.4 Å². The summed E-state index contributed by atoms with van der Waals surface area (Å²) in [6.45, 7) is 5.27. The van der Waals surface area contributed by atoms with Gasteiger partial charge >= 0.3 is 0 Å². The van der Waals surface area contributed by atoms with Crippen LogP contribution in [0.4, 0.5) is 0 Å². The van der Waals surface area contributed by atoms with Crippen LogP contribution in [-0.2, 0) is 31.9 Å². The van der Waals surface area contributed by atoms with Gasteiger partial charge in [0.2, 0.25) is 21.8 Å². The molecule has 0 aromatic heterocycles. The van der Waals surface area contributed by atoms with Gasteiger partial charge in [0.15, 0.2) is 0 Å². The van der Waals surface area contributed by atoms with Crippen LogP contribution < -0.4 is 21.1 Å². The zero-order valence-electron chi connectivity index (χ0n) is 20.7. The van der Waals surface area contributed by atoms with Gasteiger partial charge in [0.25, 0.3) is 0 Å². The molecule has 0 aliphatic heterocycles. The van der Waals surface area contributed by atoms with Crippen molar-refractivity contribution in [3.8, 4) is 0 Å². The number of nitrogen functional groups attached to an aromatic ring is 1. The van der Waals surface area contributed by atoms with E-state index in [1.54, 1.807) is 54.6 Å². The Labute approximate surface area is 212 Å². The molecule has 11 heteroatoms. The van der Waals surface area contributed by atoms with Crippen molar-refractivity contribution in [2.24, 2.45) is 11.7 Å². The molecule has 2 aromatic carbocycles. The summed E-state index contributed by atoms with van der Waals surface area (Å²) in [5.74, 6) is -1.60. The highest BCUT2D eigenvalue weighted by molar-refractivity contribution is 7.88. The number of rotatable bonds is 13. The number of hydrogen-bond acceptors (Lipinski definition) is 6. The summed E-state index contributed by atoms with van der Waals surface area (Å²) < 4.78 is 27.5. The van der Waals surface area contributed by atoms with E-state index in [0.717, 1.165) is 5.56 Å². The minimum Gasteiger partial charge on any atom is -0.391 e. The molecule has 7 N–H and O–H groups in total. The summed E-state index contributed by atoms with van der Waals surface area (Å²) in [5.41, 5.74) is 7.32. The standard InChI is InChI=1S/C25H35N5O5S/c1-16(2)13-21(24(32)28-14-18-9-11-20(12-10-18)23(26)27)29-25(33)22(17(3)31)30-36(34,35)15-19-7-5-4-6-8-19/h4-12,16-17,21-22,30-31H,13-15H2,1-3H3,(H3,26,27)(H,28,32)(H,29,33)/t17?,21-,22+/m0/s1. The molecule has 36 heavy (non-hydrogen) atoms. The van der Waals surface area contributed by atoms with E-state index in [4.69, 9.17) is 11.1 Å². The van der Waals surface area contributed by atoms with Crippen LogP contribution in [0, 0.1) is 11.3 Å². The number of carbonyl (C=O) groups excluding carboxylic acids is 2. The van der Waals surface area contributed by atoms with Crippen LogP contribution in [0.3, 0.4) is 0 Å². The van der Waals surface area contributed by atoms with Crippen LogP contribution in [0.25, 0.3) is 0 Å². The Morgan fingerprint density at radius 1 is 0.972 bits per heavy atom. The first-order chi connectivity index (χ1) is 16.9. The highest BCUT2D eigenvalue weighted by atomic mass is 32.2. The lowest BCUT2D eigenvalue weighted by molar-refractivity contribution is -0.131. The molecule has 0 saturated carbocycles. The Bertz CT molecular complexity index is 1140. The molecule has 0 bridgehead atoms. The number of aliphatic hydroxyl groups excluding tert-OH is 1. The van der Waals surface area contributed by atoms with Gasteiger partial charge in [-0.25, -0.2) is 8.42 Å². The summed E-state index contributed by atoms with van der Waals surface area (Å²) in [5, 5.41) is 23.0. The monoisotopic (exact) mass is 517 g/mol. The van der Waals surface area contributed by atoms with Gasteiger partial charge in [-0.3, -0.25) is 15.0 Å². The Balaban J connectivity index is 2.07. The molecule has 1 unspecified atom stereocenters. The van der Waals surface area contributed by atoms with Crippen molar-refractivity contribution in [3.63, 3.8) is 0 Å². The van der Waals surface area contributed by atoms with E-state index in [-0.39, 0.29) is 24.1 Å². The largest absolute Gasteiger partial charge is 0.391 e. The molecular weight excluding hydrogens is 482 g/mol. The number of amidine groups is 1. The lowest BCUT2D eigenvalue weighted by Gasteiger charge is -2.25. The molecule has 196 valence electrons. The third kappa shape index (κ3) is 9.40. The number of nitrogens with one attached hydrogen (secondary N) is 4. The summed E-state index contributed by atoms with van der Waals surface area (Å²) in [6, 6.07) is 12.9. The number of amides is 2. The van der Waals surface area contributed by atoms with E-state index in [1.165, 1.54) is 6.92 Å². The van der Waals surface area contributed by atoms with Gasteiger partial charge in [0, 0.05) is 12.1 Å². The molecule has 0 spiro atoms. The predicted octanol–water partition coefficient (Wildman–Crippen LogP) is 0.987. The van der Waals surface area contributed by atoms with E-state index in [9.17, 15) is 23.1 Å². The molecule has 0 saturated heterocycles. The lowest BCUT2D eigenvalue weighted by atomic mass is 10.0. The molecule has 2 amide bonds. The zero-order chi connectivity index (χ0) is 26.9. The van der Waals surface area contributed by atoms with Gasteiger partial charge in [0.05, 0.1) is 11.9 Å². The molecule has 10 nitrogen and oxygen atoms in total. The van der Waals surface area contributed by atoms with Crippen molar-refractivity contribution < 1.29 is 23.1 Å². The van der Waals surface area contributed by atoms with E-state index in [0.29, 0.717) is 17.5 Å². The van der Waals surface area contributed by atoms with Crippen molar-refractivity contribution in [2.45, 2.75) is 57.7 Å². The Kier molecular flexibility index (Phi) is 10.6. The number of benzene rings is 2. The van der Waals surface area contributed by atoms with Gasteiger partial charge in [0.1, 0.15) is 17.9 Å². The minimum absolute atomic E-state index is 0.0515. The lowest BCUT2D eigenvalue weighted by Crippen LogP contribution is -2.57. The molecule has 3 atom stereocenters. The zero-order valence-corrected chi connectivity index (χ0v) is 21.5. The Hall–Kier alpha value is -3.28. The molecule has 0 aliphatic rings. The van der Waals surface area contributed by atoms with Crippen molar-refractivity contribution in [3.05, 3.63) is 71.3 Å². The summed E-state index contributed by atoms with van der Waals surface area (Å²) >= 11 is 0. The highest BCUT2D eigenvalue weighted by Crippen LogP contribution is 2.10. The molecule has 0 aliphatic carbocycles. The van der Waals surface area contributed by atoms with Crippen LogP contribution >= 0.6 is 0 Å². The van der Waals surface area contributed by atoms with Gasteiger partial charge in [-0.1, -0.05) is 68.4 Å². The number of nitrogens with two attached hydrogens (primary N) is 1. The fourth-order valence-electron chi connectivity index (χ4n) is 3.48. The van der Waals surface area contributed by atoms with Crippen LogP contribution in [0.2, 0.25) is 0 Å². The summed E-state index contributed by atoms with van der Waals surface area (Å²) in [6.07, 6.45) is -1.03. The summed E-state index contributed by atoms with van der Waals surface area (Å²) in [4.78, 5) is 25.9. The van der Waals surface area contributed by atoms with Crippen molar-refractivity contribution in [2.75, 3.05) is 0 Å². The van der Waals surface area contributed by atoms with E-state index in [1.807, 2.05) is 13.8 Å². The van der Waals surface area contributed by atoms with Crippen LogP contribution in [-0.4, -0.2) is 49.4 Å². The first-order valence-corrected chi connectivity index (χ1v) is 13.3. The second-order valence-corrected chi connectivity index (χ2v) is 10.9. The van der Waals surface area contributed by atoms with E-state index < -0.39 is 40.0 Å². The second kappa shape index (κ2) is 13.1. The SMILES string of the molecule is CC(C)C[C@H](NC(=O)[C@H](NS(=O)(=O)Cc1ccccc1)C(C)O)C(=O)NCc1ccc(C(=N)N)cc1. The first kappa shape index (κ1) is 29.0. The average Bonchev–Trinajstić information content (AvgIpc) is 2.80. The molecule has 2 aromatic rings. The summed E-state index contributed by atoms with van der Waals surface area (Å²) in [7, 11) is -3.95. The quantitative estimate of drug-likeness (QED) is 0.171. The number of sulfonamides is 1. The molecular formula is C25H35N5O5S. The van der Waals surface area contributed by atoms with Gasteiger partial charge in [-0.2, -0.15) is 4.72 Å². The molecule has 0 radical (unpaired) electrons. The third-order valence-electron chi connectivity index (χ3n) is 5.34. The number of hydrogen-bond donors (Lipinski definition) is 6. The molecule has 0 fully saturated rings. The topological polar surface area (TPSA) is 174 Å². The normalized spacial score (nSPS) is 14.0. The van der Waals surface area contributed by atoms with Crippen molar-refractivity contribution in [1.82, 2.24) is 15.4 Å². The predicted molar refractivity (Wildman–Crippen MR) is 138 cm³/mol. The average molecular weight is 518 g/mol. The van der Waals surface area contributed by atoms with Gasteiger partial charge < -0.3 is 21.5 Å². The second-order valence-electron chi connectivity index (χ2n) is 9.10. The van der Waals surface area contributed by atoms with Crippen molar-refractivity contribution >= 4 is 27.7 Å². The molecule has 2 rings (SSSR count). The van der Waals surface area contributed by atoms with Gasteiger partial charge in [-0.15, -0.1) is 0 Å².